The van der Waals surface area contributed by atoms with Gasteiger partial charge in [0, 0.05) is 18.2 Å². The summed E-state index contributed by atoms with van der Waals surface area (Å²) in [7, 11) is 1.49. The highest BCUT2D eigenvalue weighted by Gasteiger charge is 2.31. The van der Waals surface area contributed by atoms with Gasteiger partial charge >= 0.3 is 0 Å². The fourth-order valence-corrected chi connectivity index (χ4v) is 2.86. The van der Waals surface area contributed by atoms with Crippen molar-refractivity contribution < 1.29 is 14.6 Å². The van der Waals surface area contributed by atoms with E-state index in [-0.39, 0.29) is 17.7 Å². The van der Waals surface area contributed by atoms with Crippen LogP contribution >= 0.6 is 0 Å². The fourth-order valence-electron chi connectivity index (χ4n) is 2.86. The predicted octanol–water partition coefficient (Wildman–Crippen LogP) is 3.28. The minimum Gasteiger partial charge on any atom is -0.504 e. The Kier molecular flexibility index (Phi) is 4.56. The van der Waals surface area contributed by atoms with Crippen molar-refractivity contribution in [1.29, 1.82) is 0 Å². The number of allylic oxidation sites excluding steroid dienone is 1. The van der Waals surface area contributed by atoms with Gasteiger partial charge in [0.1, 0.15) is 0 Å². The second-order valence-electron chi connectivity index (χ2n) is 5.49. The molecule has 1 heterocycles. The molecule has 0 radical (unpaired) electrons. The maximum Gasteiger partial charge on any atom is 0.254 e. The molecule has 1 aliphatic heterocycles. The van der Waals surface area contributed by atoms with E-state index in [1.807, 2.05) is 18.7 Å². The third-order valence-corrected chi connectivity index (χ3v) is 4.21. The summed E-state index contributed by atoms with van der Waals surface area (Å²) in [6, 6.07) is 3.47. The van der Waals surface area contributed by atoms with Crippen LogP contribution in [0.25, 0.3) is 0 Å². The molecule has 1 fully saturated rings. The Morgan fingerprint density at radius 3 is 2.81 bits per heavy atom. The lowest BCUT2D eigenvalue weighted by Crippen LogP contribution is -2.35. The number of aromatic hydroxyl groups is 1. The monoisotopic (exact) mass is 289 g/mol. The standard InChI is InChI=1S/C17H23NO3/c1-5-12-8-13(6-2)18(10-12)17(20)14-9-16(21-4)15(19)7-11(14)3/h5,7,9,13,19H,6,8,10H2,1-4H3/b12-5+/t13-/m1/s1. The van der Waals surface area contributed by atoms with Gasteiger partial charge in [-0.15, -0.1) is 0 Å². The van der Waals surface area contributed by atoms with Crippen molar-refractivity contribution in [3.8, 4) is 11.5 Å². The summed E-state index contributed by atoms with van der Waals surface area (Å²) in [4.78, 5) is 14.8. The lowest BCUT2D eigenvalue weighted by atomic mass is 10.1. The molecule has 1 N–H and O–H groups in total. The van der Waals surface area contributed by atoms with Crippen LogP contribution in [-0.2, 0) is 0 Å². The molecule has 1 atom stereocenters. The molecule has 2 rings (SSSR count). The molecule has 4 nitrogen and oxygen atoms in total. The summed E-state index contributed by atoms with van der Waals surface area (Å²) in [5.41, 5.74) is 2.67. The first-order valence-electron chi connectivity index (χ1n) is 7.34. The summed E-state index contributed by atoms with van der Waals surface area (Å²) < 4.78 is 5.12. The number of carbonyl (C=O) groups excluding carboxylic acids is 1. The molecule has 1 aromatic carbocycles. The number of methoxy groups -OCH3 is 1. The number of hydrogen-bond donors (Lipinski definition) is 1. The van der Waals surface area contributed by atoms with Gasteiger partial charge in [0.15, 0.2) is 11.5 Å². The Hall–Kier alpha value is -1.97. The number of phenolic OH excluding ortho intramolecular Hbond substituents is 1. The van der Waals surface area contributed by atoms with E-state index in [2.05, 4.69) is 13.0 Å². The molecular formula is C17H23NO3. The first-order valence-corrected chi connectivity index (χ1v) is 7.34. The lowest BCUT2D eigenvalue weighted by molar-refractivity contribution is 0.0735. The minimum atomic E-state index is 0.00880. The molecule has 0 spiro atoms. The van der Waals surface area contributed by atoms with E-state index in [9.17, 15) is 9.90 Å². The van der Waals surface area contributed by atoms with Crippen LogP contribution in [0.15, 0.2) is 23.8 Å². The number of ether oxygens (including phenoxy) is 1. The molecule has 1 aliphatic rings. The Bertz CT molecular complexity index is 578. The zero-order valence-electron chi connectivity index (χ0n) is 13.1. The van der Waals surface area contributed by atoms with Crippen molar-refractivity contribution in [2.75, 3.05) is 13.7 Å². The summed E-state index contributed by atoms with van der Waals surface area (Å²) in [5.74, 6) is 0.408. The molecule has 1 aromatic rings. The molecule has 0 saturated carbocycles. The number of rotatable bonds is 3. The van der Waals surface area contributed by atoms with Crippen molar-refractivity contribution in [3.05, 3.63) is 34.9 Å². The van der Waals surface area contributed by atoms with E-state index in [0.29, 0.717) is 17.9 Å². The zero-order valence-corrected chi connectivity index (χ0v) is 13.1. The van der Waals surface area contributed by atoms with E-state index in [0.717, 1.165) is 18.4 Å². The van der Waals surface area contributed by atoms with Gasteiger partial charge in [-0.05, 0) is 44.4 Å². The largest absolute Gasteiger partial charge is 0.504 e. The molecule has 0 bridgehead atoms. The number of hydrogen-bond acceptors (Lipinski definition) is 3. The summed E-state index contributed by atoms with van der Waals surface area (Å²) in [6.07, 6.45) is 3.99. The Balaban J connectivity index is 2.36. The van der Waals surface area contributed by atoms with Gasteiger partial charge in [0.05, 0.1) is 7.11 Å². The minimum absolute atomic E-state index is 0.00880. The number of nitrogens with zero attached hydrogens (tertiary/aromatic N) is 1. The van der Waals surface area contributed by atoms with Gasteiger partial charge in [-0.3, -0.25) is 4.79 Å². The first-order chi connectivity index (χ1) is 10.0. The number of benzene rings is 1. The molecule has 1 amide bonds. The molecular weight excluding hydrogens is 266 g/mol. The number of carbonyl (C=O) groups is 1. The third kappa shape index (κ3) is 2.89. The summed E-state index contributed by atoms with van der Waals surface area (Å²) in [5, 5.41) is 9.78. The average molecular weight is 289 g/mol. The molecule has 0 unspecified atom stereocenters. The molecule has 114 valence electrons. The van der Waals surface area contributed by atoms with Crippen LogP contribution in [0.5, 0.6) is 11.5 Å². The van der Waals surface area contributed by atoms with Gasteiger partial charge in [0.25, 0.3) is 5.91 Å². The number of phenols is 1. The van der Waals surface area contributed by atoms with Crippen LogP contribution in [0.2, 0.25) is 0 Å². The highest BCUT2D eigenvalue weighted by atomic mass is 16.5. The van der Waals surface area contributed by atoms with Crippen molar-refractivity contribution in [2.24, 2.45) is 0 Å². The van der Waals surface area contributed by atoms with Gasteiger partial charge in [0.2, 0.25) is 0 Å². The smallest absolute Gasteiger partial charge is 0.254 e. The van der Waals surface area contributed by atoms with Crippen molar-refractivity contribution in [1.82, 2.24) is 4.90 Å². The molecule has 1 saturated heterocycles. The van der Waals surface area contributed by atoms with E-state index in [1.54, 1.807) is 12.1 Å². The van der Waals surface area contributed by atoms with E-state index < -0.39 is 0 Å². The highest BCUT2D eigenvalue weighted by molar-refractivity contribution is 5.97. The third-order valence-electron chi connectivity index (χ3n) is 4.21. The first kappa shape index (κ1) is 15.4. The second kappa shape index (κ2) is 6.20. The number of aryl methyl sites for hydroxylation is 1. The maximum absolute atomic E-state index is 12.8. The van der Waals surface area contributed by atoms with Crippen molar-refractivity contribution >= 4 is 5.91 Å². The van der Waals surface area contributed by atoms with Crippen molar-refractivity contribution in [3.63, 3.8) is 0 Å². The topological polar surface area (TPSA) is 49.8 Å². The maximum atomic E-state index is 12.8. The molecule has 0 aliphatic carbocycles. The zero-order chi connectivity index (χ0) is 15.6. The molecule has 4 heteroatoms. The molecule has 21 heavy (non-hydrogen) atoms. The summed E-state index contributed by atoms with van der Waals surface area (Å²) >= 11 is 0. The fraction of sp³-hybridized carbons (Fsp3) is 0.471. The average Bonchev–Trinajstić information content (AvgIpc) is 2.90. The normalized spacial score (nSPS) is 20.1. The van der Waals surface area contributed by atoms with Crippen LogP contribution in [-0.4, -0.2) is 35.6 Å². The van der Waals surface area contributed by atoms with Gasteiger partial charge in [-0.2, -0.15) is 0 Å². The molecule has 0 aromatic heterocycles. The lowest BCUT2D eigenvalue weighted by Gasteiger charge is -2.24. The Labute approximate surface area is 126 Å². The SMILES string of the molecule is C/C=C1\C[C@@H](CC)N(C(=O)c2cc(OC)c(O)cc2C)C1. The highest BCUT2D eigenvalue weighted by Crippen LogP contribution is 2.32. The van der Waals surface area contributed by atoms with E-state index >= 15 is 0 Å². The predicted molar refractivity (Wildman–Crippen MR) is 82.9 cm³/mol. The van der Waals surface area contributed by atoms with Crippen LogP contribution < -0.4 is 4.74 Å². The van der Waals surface area contributed by atoms with Gasteiger partial charge in [-0.25, -0.2) is 0 Å². The van der Waals surface area contributed by atoms with Crippen molar-refractivity contribution in [2.45, 2.75) is 39.7 Å². The number of likely N-dealkylation sites (tertiary alicyclic amines) is 1. The van der Waals surface area contributed by atoms with Crippen LogP contribution in [0, 0.1) is 6.92 Å². The quantitative estimate of drug-likeness (QED) is 0.869. The van der Waals surface area contributed by atoms with Gasteiger partial charge in [-0.1, -0.05) is 18.6 Å². The van der Waals surface area contributed by atoms with E-state index in [1.165, 1.54) is 12.7 Å². The Morgan fingerprint density at radius 2 is 2.24 bits per heavy atom. The number of amides is 1. The Morgan fingerprint density at radius 1 is 1.52 bits per heavy atom. The van der Waals surface area contributed by atoms with Crippen LogP contribution in [0.3, 0.4) is 0 Å². The second-order valence-corrected chi connectivity index (χ2v) is 5.49. The summed E-state index contributed by atoms with van der Waals surface area (Å²) in [6.45, 7) is 6.65. The van der Waals surface area contributed by atoms with Crippen LogP contribution in [0.4, 0.5) is 0 Å². The van der Waals surface area contributed by atoms with Crippen LogP contribution in [0.1, 0.15) is 42.6 Å². The van der Waals surface area contributed by atoms with Gasteiger partial charge < -0.3 is 14.7 Å². The van der Waals surface area contributed by atoms with E-state index in [4.69, 9.17) is 4.74 Å².